The fourth-order valence-corrected chi connectivity index (χ4v) is 3.74. The van der Waals surface area contributed by atoms with Crippen LogP contribution in [0, 0.1) is 0 Å². The van der Waals surface area contributed by atoms with Gasteiger partial charge in [0.15, 0.2) is 0 Å². The summed E-state index contributed by atoms with van der Waals surface area (Å²) >= 11 is 5.98. The summed E-state index contributed by atoms with van der Waals surface area (Å²) in [7, 11) is 1.31. The van der Waals surface area contributed by atoms with Gasteiger partial charge in [0.2, 0.25) is 0 Å². The van der Waals surface area contributed by atoms with Gasteiger partial charge in [-0.05, 0) is 53.6 Å². The van der Waals surface area contributed by atoms with Gasteiger partial charge < -0.3 is 4.74 Å². The number of amides is 1. The van der Waals surface area contributed by atoms with Crippen molar-refractivity contribution in [3.8, 4) is 0 Å². The number of rotatable bonds is 3. The molecule has 0 radical (unpaired) electrons. The summed E-state index contributed by atoms with van der Waals surface area (Å²) in [5.41, 5.74) is 2.59. The largest absolute Gasteiger partial charge is 0.465 e. The van der Waals surface area contributed by atoms with Crippen LogP contribution in [0.15, 0.2) is 83.6 Å². The molecule has 3 aromatic carbocycles. The standard InChI is InChI=1S/C24H18ClNO3/c1-15-22(24(28)29-2)21(23(27)26(15)19-12-10-18(25)11-13-19)14-17-8-5-7-16-6-3-4-9-20(16)17/h3-14H,1-2H3/b21-14-. The number of esters is 1. The number of carbonyl (C=O) groups excluding carboxylic acids is 2. The molecule has 0 saturated carbocycles. The van der Waals surface area contributed by atoms with Crippen LogP contribution in [0.25, 0.3) is 16.8 Å². The second kappa shape index (κ2) is 7.57. The van der Waals surface area contributed by atoms with Crippen molar-refractivity contribution in [2.45, 2.75) is 6.92 Å². The molecule has 29 heavy (non-hydrogen) atoms. The summed E-state index contributed by atoms with van der Waals surface area (Å²) in [5, 5.41) is 2.63. The fraction of sp³-hybridized carbons (Fsp3) is 0.0833. The maximum Gasteiger partial charge on any atom is 0.340 e. The van der Waals surface area contributed by atoms with Gasteiger partial charge in [-0.2, -0.15) is 0 Å². The number of benzene rings is 3. The van der Waals surface area contributed by atoms with Crippen LogP contribution in [-0.4, -0.2) is 19.0 Å². The summed E-state index contributed by atoms with van der Waals surface area (Å²) in [6.07, 6.45) is 1.76. The van der Waals surface area contributed by atoms with E-state index < -0.39 is 5.97 Å². The lowest BCUT2D eigenvalue weighted by atomic mass is 9.99. The highest BCUT2D eigenvalue weighted by atomic mass is 35.5. The zero-order valence-electron chi connectivity index (χ0n) is 16.0. The van der Waals surface area contributed by atoms with Gasteiger partial charge in [0.1, 0.15) is 0 Å². The van der Waals surface area contributed by atoms with E-state index >= 15 is 0 Å². The van der Waals surface area contributed by atoms with Crippen LogP contribution in [0.4, 0.5) is 5.69 Å². The second-order valence-electron chi connectivity index (χ2n) is 6.70. The lowest BCUT2D eigenvalue weighted by molar-refractivity contribution is -0.136. The molecule has 3 aromatic rings. The van der Waals surface area contributed by atoms with Crippen molar-refractivity contribution in [2.24, 2.45) is 0 Å². The van der Waals surface area contributed by atoms with Gasteiger partial charge in [-0.1, -0.05) is 54.1 Å². The molecule has 144 valence electrons. The molecule has 5 heteroatoms. The first-order valence-electron chi connectivity index (χ1n) is 9.10. The molecule has 0 unspecified atom stereocenters. The van der Waals surface area contributed by atoms with E-state index in [0.717, 1.165) is 16.3 Å². The average Bonchev–Trinajstić information content (AvgIpc) is 2.98. The van der Waals surface area contributed by atoms with Crippen molar-refractivity contribution >= 4 is 46.0 Å². The first-order valence-corrected chi connectivity index (χ1v) is 9.48. The van der Waals surface area contributed by atoms with Crippen LogP contribution < -0.4 is 4.90 Å². The van der Waals surface area contributed by atoms with Crippen LogP contribution in [0.1, 0.15) is 12.5 Å². The van der Waals surface area contributed by atoms with Crippen molar-refractivity contribution in [3.63, 3.8) is 0 Å². The molecule has 4 rings (SSSR count). The first kappa shape index (κ1) is 19.0. The first-order chi connectivity index (χ1) is 14.0. The number of ether oxygens (including phenoxy) is 1. The van der Waals surface area contributed by atoms with Crippen LogP contribution in [0.3, 0.4) is 0 Å². The van der Waals surface area contributed by atoms with Crippen molar-refractivity contribution in [1.82, 2.24) is 0 Å². The molecule has 1 amide bonds. The molecule has 0 N–H and O–H groups in total. The minimum Gasteiger partial charge on any atom is -0.465 e. The number of fused-ring (bicyclic) bond motifs is 1. The SMILES string of the molecule is COC(=O)C1=C(C)N(c2ccc(Cl)cc2)C(=O)/C1=C\c1cccc2ccccc12. The summed E-state index contributed by atoms with van der Waals surface area (Å²) in [6, 6.07) is 20.7. The van der Waals surface area contributed by atoms with Gasteiger partial charge in [-0.25, -0.2) is 4.79 Å². The number of hydrogen-bond donors (Lipinski definition) is 0. The molecule has 4 nitrogen and oxygen atoms in total. The quantitative estimate of drug-likeness (QED) is 0.436. The van der Waals surface area contributed by atoms with Gasteiger partial charge in [0, 0.05) is 16.4 Å². The van der Waals surface area contributed by atoms with E-state index in [1.807, 2.05) is 42.5 Å². The highest BCUT2D eigenvalue weighted by molar-refractivity contribution is 6.30. The number of allylic oxidation sites excluding steroid dienone is 1. The highest BCUT2D eigenvalue weighted by Crippen LogP contribution is 2.36. The van der Waals surface area contributed by atoms with E-state index in [9.17, 15) is 9.59 Å². The molecular formula is C24H18ClNO3. The third kappa shape index (κ3) is 3.32. The average molecular weight is 404 g/mol. The molecule has 0 fully saturated rings. The number of carbonyl (C=O) groups is 2. The Bertz CT molecular complexity index is 1190. The topological polar surface area (TPSA) is 46.6 Å². The van der Waals surface area contributed by atoms with Gasteiger partial charge >= 0.3 is 5.97 Å². The van der Waals surface area contributed by atoms with Crippen molar-refractivity contribution in [3.05, 3.63) is 94.2 Å². The van der Waals surface area contributed by atoms with Crippen molar-refractivity contribution in [1.29, 1.82) is 0 Å². The molecule has 0 aliphatic carbocycles. The van der Waals surface area contributed by atoms with E-state index in [-0.39, 0.29) is 11.5 Å². The van der Waals surface area contributed by atoms with E-state index in [1.165, 1.54) is 12.0 Å². The Morgan fingerprint density at radius 1 is 1.00 bits per heavy atom. The molecule has 1 aliphatic heterocycles. The second-order valence-corrected chi connectivity index (χ2v) is 7.13. The molecule has 1 heterocycles. The van der Waals surface area contributed by atoms with Crippen LogP contribution in [-0.2, 0) is 14.3 Å². The Kier molecular flexibility index (Phi) is 4.95. The minimum atomic E-state index is -0.543. The van der Waals surface area contributed by atoms with E-state index in [2.05, 4.69) is 0 Å². The van der Waals surface area contributed by atoms with E-state index in [0.29, 0.717) is 22.0 Å². The predicted molar refractivity (Wildman–Crippen MR) is 116 cm³/mol. The van der Waals surface area contributed by atoms with Crippen LogP contribution >= 0.6 is 11.6 Å². The maximum atomic E-state index is 13.3. The Labute approximate surface area is 173 Å². The van der Waals surface area contributed by atoms with Gasteiger partial charge in [0.05, 0.1) is 18.3 Å². The number of halogens is 1. The molecule has 0 spiro atoms. The molecule has 0 atom stereocenters. The van der Waals surface area contributed by atoms with Gasteiger partial charge in [-0.15, -0.1) is 0 Å². The predicted octanol–water partition coefficient (Wildman–Crippen LogP) is 5.37. The minimum absolute atomic E-state index is 0.264. The highest BCUT2D eigenvalue weighted by Gasteiger charge is 2.37. The Morgan fingerprint density at radius 3 is 2.41 bits per heavy atom. The Hall–Kier alpha value is -3.37. The van der Waals surface area contributed by atoms with Gasteiger partial charge in [0.25, 0.3) is 5.91 Å². The molecule has 0 bridgehead atoms. The molecule has 0 saturated heterocycles. The van der Waals surface area contributed by atoms with Gasteiger partial charge in [-0.3, -0.25) is 9.69 Å². The maximum absolute atomic E-state index is 13.3. The molecule has 0 aromatic heterocycles. The number of hydrogen-bond acceptors (Lipinski definition) is 3. The van der Waals surface area contributed by atoms with Crippen molar-refractivity contribution in [2.75, 3.05) is 12.0 Å². The number of anilines is 1. The monoisotopic (exact) mass is 403 g/mol. The fourth-order valence-electron chi connectivity index (χ4n) is 3.61. The van der Waals surface area contributed by atoms with Crippen LogP contribution in [0.2, 0.25) is 5.02 Å². The molecular weight excluding hydrogens is 386 g/mol. The smallest absolute Gasteiger partial charge is 0.340 e. The summed E-state index contributed by atoms with van der Waals surface area (Å²) < 4.78 is 4.97. The zero-order chi connectivity index (χ0) is 20.5. The normalized spacial score (nSPS) is 15.5. The number of nitrogens with zero attached hydrogens (tertiary/aromatic N) is 1. The summed E-state index contributed by atoms with van der Waals surface area (Å²) in [6.45, 7) is 1.74. The lowest BCUT2D eigenvalue weighted by Gasteiger charge is -2.18. The zero-order valence-corrected chi connectivity index (χ0v) is 16.7. The third-order valence-corrected chi connectivity index (χ3v) is 5.25. The number of methoxy groups -OCH3 is 1. The van der Waals surface area contributed by atoms with Crippen molar-refractivity contribution < 1.29 is 14.3 Å². The van der Waals surface area contributed by atoms with E-state index in [1.54, 1.807) is 37.3 Å². The summed E-state index contributed by atoms with van der Waals surface area (Å²) in [4.78, 5) is 27.4. The van der Waals surface area contributed by atoms with Crippen LogP contribution in [0.5, 0.6) is 0 Å². The Balaban J connectivity index is 1.89. The molecule has 1 aliphatic rings. The Morgan fingerprint density at radius 2 is 1.69 bits per heavy atom. The lowest BCUT2D eigenvalue weighted by Crippen LogP contribution is -2.24. The third-order valence-electron chi connectivity index (χ3n) is 5.00. The van der Waals surface area contributed by atoms with E-state index in [4.69, 9.17) is 16.3 Å². The summed E-state index contributed by atoms with van der Waals surface area (Å²) in [5.74, 6) is -0.822.